The molecule has 0 radical (unpaired) electrons. The van der Waals surface area contributed by atoms with Gasteiger partial charge in [-0.3, -0.25) is 4.98 Å². The second kappa shape index (κ2) is 7.40. The zero-order valence-electron chi connectivity index (χ0n) is 14.5. The summed E-state index contributed by atoms with van der Waals surface area (Å²) in [6.07, 6.45) is 4.39. The first kappa shape index (κ1) is 16.3. The van der Waals surface area contributed by atoms with Gasteiger partial charge in [0.15, 0.2) is 0 Å². The van der Waals surface area contributed by atoms with Gasteiger partial charge in [-0.15, -0.1) is 0 Å². The number of fused-ring (bicyclic) bond motifs is 1. The van der Waals surface area contributed by atoms with Gasteiger partial charge in [0.1, 0.15) is 0 Å². The fourth-order valence-corrected chi connectivity index (χ4v) is 3.56. The Bertz CT molecular complexity index is 880. The van der Waals surface area contributed by atoms with Gasteiger partial charge in [0.05, 0.1) is 6.04 Å². The molecule has 0 spiro atoms. The van der Waals surface area contributed by atoms with Crippen LogP contribution in [0, 0.1) is 0 Å². The summed E-state index contributed by atoms with van der Waals surface area (Å²) in [7, 11) is 0. The van der Waals surface area contributed by atoms with Crippen molar-refractivity contribution in [3.8, 4) is 0 Å². The molecule has 2 aromatic carbocycles. The van der Waals surface area contributed by atoms with E-state index in [2.05, 4.69) is 40.6 Å². The lowest BCUT2D eigenvalue weighted by Crippen LogP contribution is -2.45. The summed E-state index contributed by atoms with van der Waals surface area (Å²) in [4.78, 5) is 19.0. The molecule has 4 rings (SSSR count). The highest BCUT2D eigenvalue weighted by molar-refractivity contribution is 5.76. The van der Waals surface area contributed by atoms with Gasteiger partial charge in [-0.2, -0.15) is 0 Å². The Morgan fingerprint density at radius 2 is 1.85 bits per heavy atom. The van der Waals surface area contributed by atoms with Crippen LogP contribution in [0.4, 0.5) is 4.79 Å². The molecule has 26 heavy (non-hydrogen) atoms. The normalized spacial score (nSPS) is 16.0. The molecule has 2 amide bonds. The zero-order chi connectivity index (χ0) is 17.8. The van der Waals surface area contributed by atoms with Gasteiger partial charge in [0, 0.05) is 25.5 Å². The third-order valence-electron chi connectivity index (χ3n) is 4.83. The van der Waals surface area contributed by atoms with Crippen LogP contribution in [0.3, 0.4) is 0 Å². The summed E-state index contributed by atoms with van der Waals surface area (Å²) in [5, 5.41) is 3.05. The van der Waals surface area contributed by atoms with Gasteiger partial charge in [-0.05, 0) is 34.7 Å². The van der Waals surface area contributed by atoms with E-state index in [0.29, 0.717) is 13.1 Å². The molecule has 0 fully saturated rings. The van der Waals surface area contributed by atoms with Crippen LogP contribution < -0.4 is 5.32 Å². The van der Waals surface area contributed by atoms with Crippen molar-refractivity contribution in [1.29, 1.82) is 0 Å². The summed E-state index contributed by atoms with van der Waals surface area (Å²) in [5.74, 6) is 0. The number of pyridine rings is 1. The van der Waals surface area contributed by atoms with Crippen molar-refractivity contribution >= 4 is 6.03 Å². The number of hydrogen-bond donors (Lipinski definition) is 1. The number of benzene rings is 2. The van der Waals surface area contributed by atoms with E-state index in [4.69, 9.17) is 0 Å². The lowest BCUT2D eigenvalue weighted by molar-refractivity contribution is 0.179. The van der Waals surface area contributed by atoms with E-state index >= 15 is 0 Å². The quantitative estimate of drug-likeness (QED) is 0.783. The van der Waals surface area contributed by atoms with Gasteiger partial charge >= 0.3 is 6.03 Å². The number of nitrogens with zero attached hydrogens (tertiary/aromatic N) is 2. The second-order valence-electron chi connectivity index (χ2n) is 6.48. The third kappa shape index (κ3) is 3.31. The van der Waals surface area contributed by atoms with E-state index in [-0.39, 0.29) is 12.1 Å². The molecule has 4 nitrogen and oxygen atoms in total. The molecule has 1 unspecified atom stereocenters. The molecule has 2 heterocycles. The number of nitrogens with one attached hydrogen (secondary N) is 1. The maximum Gasteiger partial charge on any atom is 0.318 e. The summed E-state index contributed by atoms with van der Waals surface area (Å²) in [6.45, 7) is 1.18. The molecule has 1 aromatic heterocycles. The molecule has 1 atom stereocenters. The van der Waals surface area contributed by atoms with E-state index in [1.165, 1.54) is 11.1 Å². The molecule has 130 valence electrons. The van der Waals surface area contributed by atoms with Crippen LogP contribution in [0.2, 0.25) is 0 Å². The first-order valence-corrected chi connectivity index (χ1v) is 8.89. The fourth-order valence-electron chi connectivity index (χ4n) is 3.56. The summed E-state index contributed by atoms with van der Waals surface area (Å²) < 4.78 is 0. The Morgan fingerprint density at radius 3 is 2.65 bits per heavy atom. The number of aromatic nitrogens is 1. The van der Waals surface area contributed by atoms with E-state index in [0.717, 1.165) is 17.5 Å². The lowest BCUT2D eigenvalue weighted by atomic mass is 9.88. The van der Waals surface area contributed by atoms with Crippen molar-refractivity contribution in [2.24, 2.45) is 0 Å². The van der Waals surface area contributed by atoms with Crippen molar-refractivity contribution in [2.75, 3.05) is 6.54 Å². The standard InChI is InChI=1S/C22H21N3O/c26-22(24-16-17-7-6-13-23-15-17)25-14-12-18-8-4-5-11-20(18)21(25)19-9-2-1-3-10-19/h1-11,13,15,21H,12,14,16H2,(H,24,26). The minimum atomic E-state index is -0.0601. The monoisotopic (exact) mass is 343 g/mol. The Balaban J connectivity index is 1.61. The molecule has 1 aliphatic heterocycles. The largest absolute Gasteiger partial charge is 0.334 e. The third-order valence-corrected chi connectivity index (χ3v) is 4.83. The maximum absolute atomic E-state index is 13.0. The van der Waals surface area contributed by atoms with Crippen molar-refractivity contribution < 1.29 is 4.79 Å². The number of urea groups is 1. The van der Waals surface area contributed by atoms with Crippen LogP contribution in [-0.4, -0.2) is 22.5 Å². The lowest BCUT2D eigenvalue weighted by Gasteiger charge is -2.37. The number of hydrogen-bond acceptors (Lipinski definition) is 2. The van der Waals surface area contributed by atoms with Gasteiger partial charge in [0.2, 0.25) is 0 Å². The van der Waals surface area contributed by atoms with Crippen LogP contribution in [0.15, 0.2) is 79.1 Å². The van der Waals surface area contributed by atoms with E-state index in [1.54, 1.807) is 12.4 Å². The molecular weight excluding hydrogens is 322 g/mol. The zero-order valence-corrected chi connectivity index (χ0v) is 14.5. The van der Waals surface area contributed by atoms with Gasteiger partial charge in [0.25, 0.3) is 0 Å². The Kier molecular flexibility index (Phi) is 4.65. The Labute approximate surface area is 153 Å². The predicted octanol–water partition coefficient (Wildman–Crippen LogP) is 3.94. The summed E-state index contributed by atoms with van der Waals surface area (Å²) in [5.41, 5.74) is 4.66. The fraction of sp³-hybridized carbons (Fsp3) is 0.182. The van der Waals surface area contributed by atoms with Crippen LogP contribution in [0.1, 0.15) is 28.3 Å². The predicted molar refractivity (Wildman–Crippen MR) is 102 cm³/mol. The second-order valence-corrected chi connectivity index (χ2v) is 6.48. The van der Waals surface area contributed by atoms with Crippen LogP contribution in [0.5, 0.6) is 0 Å². The van der Waals surface area contributed by atoms with Gasteiger partial charge in [-0.25, -0.2) is 4.79 Å². The molecule has 0 saturated carbocycles. The Morgan fingerprint density at radius 1 is 1.04 bits per heavy atom. The molecule has 4 heteroatoms. The molecular formula is C22H21N3O. The van der Waals surface area contributed by atoms with Crippen molar-refractivity contribution in [2.45, 2.75) is 19.0 Å². The molecule has 0 saturated heterocycles. The molecule has 1 N–H and O–H groups in total. The van der Waals surface area contributed by atoms with E-state index < -0.39 is 0 Å². The SMILES string of the molecule is O=C(NCc1cccnc1)N1CCc2ccccc2C1c1ccccc1. The van der Waals surface area contributed by atoms with Gasteiger partial charge in [-0.1, -0.05) is 60.7 Å². The highest BCUT2D eigenvalue weighted by Crippen LogP contribution is 2.34. The van der Waals surface area contributed by atoms with Crippen LogP contribution in [0.25, 0.3) is 0 Å². The molecule has 0 bridgehead atoms. The maximum atomic E-state index is 13.0. The average molecular weight is 343 g/mol. The molecule has 3 aromatic rings. The molecule has 0 aliphatic carbocycles. The minimum absolute atomic E-state index is 0.0443. The first-order valence-electron chi connectivity index (χ1n) is 8.89. The highest BCUT2D eigenvalue weighted by atomic mass is 16.2. The van der Waals surface area contributed by atoms with Crippen LogP contribution >= 0.6 is 0 Å². The van der Waals surface area contributed by atoms with Crippen molar-refractivity contribution in [1.82, 2.24) is 15.2 Å². The number of amides is 2. The minimum Gasteiger partial charge on any atom is -0.334 e. The highest BCUT2D eigenvalue weighted by Gasteiger charge is 2.31. The van der Waals surface area contributed by atoms with Gasteiger partial charge < -0.3 is 10.2 Å². The summed E-state index contributed by atoms with van der Waals surface area (Å²) in [6, 6.07) is 22.4. The number of carbonyl (C=O) groups excluding carboxylic acids is 1. The van der Waals surface area contributed by atoms with Crippen molar-refractivity contribution in [3.05, 3.63) is 101 Å². The van der Waals surface area contributed by atoms with E-state index in [9.17, 15) is 4.79 Å². The van der Waals surface area contributed by atoms with Crippen molar-refractivity contribution in [3.63, 3.8) is 0 Å². The van der Waals surface area contributed by atoms with E-state index in [1.807, 2.05) is 41.3 Å². The summed E-state index contributed by atoms with van der Waals surface area (Å²) >= 11 is 0. The van der Waals surface area contributed by atoms with Crippen LogP contribution in [-0.2, 0) is 13.0 Å². The average Bonchev–Trinajstić information content (AvgIpc) is 2.72. The topological polar surface area (TPSA) is 45.2 Å². The smallest absolute Gasteiger partial charge is 0.318 e. The molecule has 1 aliphatic rings. The Hall–Kier alpha value is -3.14. The number of carbonyl (C=O) groups is 1. The number of rotatable bonds is 3. The first-order chi connectivity index (χ1) is 12.8.